The molecular weight excluding hydrogens is 407 g/mol. The molecule has 0 amide bonds. The molecule has 6 heteroatoms. The van der Waals surface area contributed by atoms with E-state index in [1.54, 1.807) is 7.11 Å². The first kappa shape index (κ1) is 23.8. The summed E-state index contributed by atoms with van der Waals surface area (Å²) in [6.45, 7) is 5.80. The first-order valence-electron chi connectivity index (χ1n) is 10.1. The van der Waals surface area contributed by atoms with Gasteiger partial charge in [-0.05, 0) is 87.1 Å². The van der Waals surface area contributed by atoms with Gasteiger partial charge in [-0.1, -0.05) is 24.3 Å². The van der Waals surface area contributed by atoms with E-state index in [0.717, 1.165) is 23.8 Å². The molecule has 29 heavy (non-hydrogen) atoms. The van der Waals surface area contributed by atoms with Crippen molar-refractivity contribution in [3.05, 3.63) is 54.1 Å². The van der Waals surface area contributed by atoms with Crippen LogP contribution in [0.3, 0.4) is 0 Å². The summed E-state index contributed by atoms with van der Waals surface area (Å²) in [5, 5.41) is 3.51. The third kappa shape index (κ3) is 6.02. The van der Waals surface area contributed by atoms with Crippen LogP contribution < -0.4 is 14.8 Å². The Kier molecular flexibility index (Phi) is 9.09. The molecule has 4 nitrogen and oxygen atoms in total. The second-order valence-electron chi connectivity index (χ2n) is 7.93. The second-order valence-corrected chi connectivity index (χ2v) is 7.93. The van der Waals surface area contributed by atoms with Crippen LogP contribution in [0.2, 0.25) is 0 Å². The van der Waals surface area contributed by atoms with E-state index in [0.29, 0.717) is 5.41 Å². The number of piperidine rings is 2. The Morgan fingerprint density at radius 3 is 2.28 bits per heavy atom. The number of benzene rings is 2. The van der Waals surface area contributed by atoms with Crippen LogP contribution in [-0.2, 0) is 6.54 Å². The van der Waals surface area contributed by atoms with E-state index in [2.05, 4.69) is 28.4 Å². The molecule has 2 fully saturated rings. The Hall–Kier alpha value is -1.46. The zero-order valence-electron chi connectivity index (χ0n) is 17.1. The number of likely N-dealkylation sites (tertiary alicyclic amines) is 1. The minimum Gasteiger partial charge on any atom is -0.493 e. The number of hydrogen-bond acceptors (Lipinski definition) is 4. The van der Waals surface area contributed by atoms with Crippen LogP contribution in [0.4, 0.5) is 0 Å². The fourth-order valence-electron chi connectivity index (χ4n) is 4.44. The number of rotatable bonds is 5. The number of methoxy groups -OCH3 is 1. The van der Waals surface area contributed by atoms with E-state index in [-0.39, 0.29) is 24.8 Å². The Morgan fingerprint density at radius 2 is 1.59 bits per heavy atom. The van der Waals surface area contributed by atoms with Crippen LogP contribution in [0, 0.1) is 5.41 Å². The molecule has 2 saturated heterocycles. The molecule has 0 atom stereocenters. The lowest BCUT2D eigenvalue weighted by atomic mass is 9.71. The fourth-order valence-corrected chi connectivity index (χ4v) is 4.44. The van der Waals surface area contributed by atoms with Crippen LogP contribution >= 0.6 is 24.8 Å². The van der Waals surface area contributed by atoms with Gasteiger partial charge in [-0.3, -0.25) is 4.90 Å². The highest BCUT2D eigenvalue weighted by atomic mass is 35.5. The molecule has 0 radical (unpaired) electrons. The zero-order valence-corrected chi connectivity index (χ0v) is 18.7. The van der Waals surface area contributed by atoms with Gasteiger partial charge in [-0.15, -0.1) is 24.8 Å². The van der Waals surface area contributed by atoms with Gasteiger partial charge in [-0.2, -0.15) is 0 Å². The van der Waals surface area contributed by atoms with Crippen molar-refractivity contribution in [2.45, 2.75) is 32.2 Å². The average molecular weight is 439 g/mol. The van der Waals surface area contributed by atoms with Crippen LogP contribution in [0.15, 0.2) is 48.5 Å². The SMILES string of the molecule is COc1ccccc1Oc1cccc(CN2CCC3(CCNCC3)CC2)c1.Cl.Cl. The van der Waals surface area contributed by atoms with E-state index >= 15 is 0 Å². The average Bonchev–Trinajstić information content (AvgIpc) is 2.71. The van der Waals surface area contributed by atoms with Crippen molar-refractivity contribution < 1.29 is 9.47 Å². The molecule has 0 bridgehead atoms. The van der Waals surface area contributed by atoms with Crippen molar-refractivity contribution >= 4 is 24.8 Å². The molecule has 2 aromatic carbocycles. The molecule has 0 unspecified atom stereocenters. The Bertz CT molecular complexity index is 756. The summed E-state index contributed by atoms with van der Waals surface area (Å²) in [5.74, 6) is 2.37. The number of halogens is 2. The van der Waals surface area contributed by atoms with E-state index in [9.17, 15) is 0 Å². The summed E-state index contributed by atoms with van der Waals surface area (Å²) in [6, 6.07) is 16.2. The quantitative estimate of drug-likeness (QED) is 0.686. The predicted octanol–water partition coefficient (Wildman–Crippen LogP) is 5.30. The van der Waals surface area contributed by atoms with Crippen LogP contribution in [0.5, 0.6) is 17.2 Å². The second kappa shape index (κ2) is 11.1. The smallest absolute Gasteiger partial charge is 0.169 e. The highest BCUT2D eigenvalue weighted by Crippen LogP contribution is 2.40. The van der Waals surface area contributed by atoms with Gasteiger partial charge < -0.3 is 14.8 Å². The van der Waals surface area contributed by atoms with Gasteiger partial charge in [0.1, 0.15) is 5.75 Å². The topological polar surface area (TPSA) is 33.7 Å². The van der Waals surface area contributed by atoms with Gasteiger partial charge in [-0.25, -0.2) is 0 Å². The molecule has 160 valence electrons. The van der Waals surface area contributed by atoms with Crippen molar-refractivity contribution in [1.82, 2.24) is 10.2 Å². The molecule has 2 aliphatic heterocycles. The largest absolute Gasteiger partial charge is 0.493 e. The molecule has 0 aromatic heterocycles. The lowest BCUT2D eigenvalue weighted by Crippen LogP contribution is -2.45. The monoisotopic (exact) mass is 438 g/mol. The third-order valence-electron chi connectivity index (χ3n) is 6.18. The standard InChI is InChI=1S/C23H30N2O2.2ClH/c1-26-21-7-2-3-8-22(21)27-20-6-4-5-19(17-20)18-25-15-11-23(12-16-25)9-13-24-14-10-23;;/h2-8,17,24H,9-16,18H2,1H3;2*1H. The van der Waals surface area contributed by atoms with Crippen molar-refractivity contribution in [2.75, 3.05) is 33.3 Å². The summed E-state index contributed by atoms with van der Waals surface area (Å²) in [6.07, 6.45) is 5.38. The minimum absolute atomic E-state index is 0. The van der Waals surface area contributed by atoms with Crippen LogP contribution in [0.25, 0.3) is 0 Å². The van der Waals surface area contributed by atoms with Crippen molar-refractivity contribution in [2.24, 2.45) is 5.41 Å². The fraction of sp³-hybridized carbons (Fsp3) is 0.478. The van der Waals surface area contributed by atoms with E-state index < -0.39 is 0 Å². The first-order chi connectivity index (χ1) is 13.3. The lowest BCUT2D eigenvalue weighted by Gasteiger charge is -2.44. The molecule has 4 rings (SSSR count). The molecule has 2 heterocycles. The van der Waals surface area contributed by atoms with Gasteiger partial charge in [0, 0.05) is 6.54 Å². The molecule has 2 aliphatic rings. The normalized spacial score (nSPS) is 18.4. The number of nitrogens with one attached hydrogen (secondary N) is 1. The van der Waals surface area contributed by atoms with Crippen LogP contribution in [-0.4, -0.2) is 38.2 Å². The maximum Gasteiger partial charge on any atom is 0.169 e. The van der Waals surface area contributed by atoms with Gasteiger partial charge in [0.05, 0.1) is 7.11 Å². The van der Waals surface area contributed by atoms with Crippen molar-refractivity contribution in [3.8, 4) is 17.2 Å². The van der Waals surface area contributed by atoms with Crippen molar-refractivity contribution in [3.63, 3.8) is 0 Å². The molecule has 0 aliphatic carbocycles. The lowest BCUT2D eigenvalue weighted by molar-refractivity contribution is 0.0701. The van der Waals surface area contributed by atoms with Gasteiger partial charge >= 0.3 is 0 Å². The van der Waals surface area contributed by atoms with Crippen LogP contribution in [0.1, 0.15) is 31.2 Å². The molecule has 1 N–H and O–H groups in total. The Balaban J connectivity index is 0.00000150. The van der Waals surface area contributed by atoms with E-state index in [1.807, 2.05) is 30.3 Å². The summed E-state index contributed by atoms with van der Waals surface area (Å²) in [5.41, 5.74) is 1.92. The Morgan fingerprint density at radius 1 is 0.897 bits per heavy atom. The summed E-state index contributed by atoms with van der Waals surface area (Å²) >= 11 is 0. The minimum atomic E-state index is 0. The number of para-hydroxylation sites is 2. The molecular formula is C23H32Cl2N2O2. The summed E-state index contributed by atoms with van der Waals surface area (Å²) in [4.78, 5) is 2.59. The number of nitrogens with zero attached hydrogens (tertiary/aromatic N) is 1. The number of ether oxygens (including phenoxy) is 2. The highest BCUT2D eigenvalue weighted by Gasteiger charge is 2.35. The van der Waals surface area contributed by atoms with E-state index in [1.165, 1.54) is 57.4 Å². The van der Waals surface area contributed by atoms with E-state index in [4.69, 9.17) is 9.47 Å². The Labute approximate surface area is 186 Å². The molecule has 1 spiro atoms. The summed E-state index contributed by atoms with van der Waals surface area (Å²) in [7, 11) is 1.67. The maximum absolute atomic E-state index is 6.07. The predicted molar refractivity (Wildman–Crippen MR) is 123 cm³/mol. The third-order valence-corrected chi connectivity index (χ3v) is 6.18. The highest BCUT2D eigenvalue weighted by molar-refractivity contribution is 5.85. The van der Waals surface area contributed by atoms with Gasteiger partial charge in [0.15, 0.2) is 11.5 Å². The molecule has 2 aromatic rings. The first-order valence-corrected chi connectivity index (χ1v) is 10.1. The molecule has 0 saturated carbocycles. The van der Waals surface area contributed by atoms with Gasteiger partial charge in [0.25, 0.3) is 0 Å². The zero-order chi connectivity index (χ0) is 18.5. The van der Waals surface area contributed by atoms with Crippen molar-refractivity contribution in [1.29, 1.82) is 0 Å². The summed E-state index contributed by atoms with van der Waals surface area (Å²) < 4.78 is 11.5. The van der Waals surface area contributed by atoms with Gasteiger partial charge in [0.2, 0.25) is 0 Å². The number of hydrogen-bond donors (Lipinski definition) is 1. The maximum atomic E-state index is 6.07.